The fourth-order valence-corrected chi connectivity index (χ4v) is 3.26. The number of nitrogens with zero attached hydrogens (tertiary/aromatic N) is 6. The van der Waals surface area contributed by atoms with Crippen molar-refractivity contribution in [2.45, 2.75) is 6.54 Å². The smallest absolute Gasteiger partial charge is 0.338 e. The number of fused-ring (bicyclic) bond motifs is 1. The molecule has 10 nitrogen and oxygen atoms in total. The van der Waals surface area contributed by atoms with Crippen molar-refractivity contribution in [3.63, 3.8) is 0 Å². The summed E-state index contributed by atoms with van der Waals surface area (Å²) in [7, 11) is 0. The average Bonchev–Trinajstić information content (AvgIpc) is 3.43. The molecule has 5 aromatic rings. The van der Waals surface area contributed by atoms with Gasteiger partial charge < -0.3 is 9.67 Å². The Morgan fingerprint density at radius 1 is 1.10 bits per heavy atom. The molecule has 0 aliphatic heterocycles. The Bertz CT molecular complexity index is 1450. The van der Waals surface area contributed by atoms with E-state index in [-0.39, 0.29) is 17.2 Å². The van der Waals surface area contributed by atoms with Crippen molar-refractivity contribution in [2.75, 3.05) is 0 Å². The molecule has 0 aliphatic rings. The number of aromatic nitrogens is 7. The summed E-state index contributed by atoms with van der Waals surface area (Å²) >= 11 is 0. The van der Waals surface area contributed by atoms with Crippen LogP contribution in [-0.4, -0.2) is 45.4 Å². The number of hydrogen-bond donors (Lipinski definition) is 2. The Morgan fingerprint density at radius 3 is 2.65 bits per heavy atom. The third-order valence-electron chi connectivity index (χ3n) is 4.78. The van der Waals surface area contributed by atoms with E-state index in [0.717, 1.165) is 16.8 Å². The molecule has 4 heterocycles. The quantitative estimate of drug-likeness (QED) is 0.451. The fraction of sp³-hybridized carbons (Fsp3) is 0.0476. The molecule has 31 heavy (non-hydrogen) atoms. The van der Waals surface area contributed by atoms with Gasteiger partial charge in [0, 0.05) is 24.5 Å². The van der Waals surface area contributed by atoms with Crippen LogP contribution >= 0.6 is 0 Å². The maximum absolute atomic E-state index is 12.7. The Morgan fingerprint density at radius 2 is 1.94 bits per heavy atom. The van der Waals surface area contributed by atoms with Crippen molar-refractivity contribution < 1.29 is 9.90 Å². The van der Waals surface area contributed by atoms with Crippen molar-refractivity contribution in [2.24, 2.45) is 0 Å². The normalized spacial score (nSPS) is 11.1. The summed E-state index contributed by atoms with van der Waals surface area (Å²) in [4.78, 5) is 39.3. The van der Waals surface area contributed by atoms with Crippen LogP contribution in [0, 0.1) is 0 Å². The van der Waals surface area contributed by atoms with E-state index in [2.05, 4.69) is 25.0 Å². The molecule has 0 fully saturated rings. The first-order valence-electron chi connectivity index (χ1n) is 9.32. The van der Waals surface area contributed by atoms with Gasteiger partial charge in [-0.25, -0.2) is 14.5 Å². The number of imidazole rings is 1. The number of benzene rings is 1. The zero-order valence-corrected chi connectivity index (χ0v) is 16.0. The fourth-order valence-electron chi connectivity index (χ4n) is 3.26. The third kappa shape index (κ3) is 3.46. The van der Waals surface area contributed by atoms with Crippen LogP contribution < -0.4 is 5.56 Å². The monoisotopic (exact) mass is 413 g/mol. The van der Waals surface area contributed by atoms with Crippen LogP contribution in [0.2, 0.25) is 0 Å². The molecule has 0 saturated heterocycles. The summed E-state index contributed by atoms with van der Waals surface area (Å²) in [6.07, 6.45) is 5.75. The van der Waals surface area contributed by atoms with Gasteiger partial charge in [-0.1, -0.05) is 30.3 Å². The van der Waals surface area contributed by atoms with E-state index in [1.54, 1.807) is 17.1 Å². The number of pyridine rings is 1. The Balaban J connectivity index is 1.44. The molecular weight excluding hydrogens is 398 g/mol. The summed E-state index contributed by atoms with van der Waals surface area (Å²) in [6, 6.07) is 13.7. The topological polar surface area (TPSA) is 132 Å². The zero-order valence-electron chi connectivity index (χ0n) is 16.0. The molecule has 0 saturated carbocycles. The molecule has 0 spiro atoms. The first-order chi connectivity index (χ1) is 15.1. The van der Waals surface area contributed by atoms with Crippen LogP contribution in [0.1, 0.15) is 15.9 Å². The number of carboxylic acid groups (broad SMARTS) is 1. The number of nitrogens with one attached hydrogen (secondary N) is 1. The molecule has 0 bridgehead atoms. The predicted molar refractivity (Wildman–Crippen MR) is 111 cm³/mol. The SMILES string of the molecule is O=C(O)c1cnn(-c2nc3ncn(Cc4ccc(-c5ccccn5)cc4)c3c(=O)[nH]2)c1. The minimum absolute atomic E-state index is 0.0116. The van der Waals surface area contributed by atoms with Gasteiger partial charge in [-0.15, -0.1) is 0 Å². The number of carbonyl (C=O) groups is 1. The molecule has 5 rings (SSSR count). The summed E-state index contributed by atoms with van der Waals surface area (Å²) < 4.78 is 2.91. The van der Waals surface area contributed by atoms with Crippen LogP contribution in [-0.2, 0) is 6.54 Å². The lowest BCUT2D eigenvalue weighted by Gasteiger charge is -2.06. The Kier molecular flexibility index (Phi) is 4.36. The summed E-state index contributed by atoms with van der Waals surface area (Å²) in [5.74, 6) is -1.03. The molecule has 0 radical (unpaired) electrons. The lowest BCUT2D eigenvalue weighted by atomic mass is 10.1. The Labute approximate surface area is 174 Å². The highest BCUT2D eigenvalue weighted by atomic mass is 16.4. The molecule has 0 aliphatic carbocycles. The largest absolute Gasteiger partial charge is 0.478 e. The van der Waals surface area contributed by atoms with Crippen LogP contribution in [0.4, 0.5) is 0 Å². The van der Waals surface area contributed by atoms with Crippen LogP contribution in [0.3, 0.4) is 0 Å². The van der Waals surface area contributed by atoms with Crippen molar-refractivity contribution >= 4 is 17.1 Å². The number of H-pyrrole nitrogens is 1. The molecule has 0 unspecified atom stereocenters. The summed E-state index contributed by atoms with van der Waals surface area (Å²) in [6.45, 7) is 0.439. The van der Waals surface area contributed by atoms with Gasteiger partial charge in [0.2, 0.25) is 5.95 Å². The highest BCUT2D eigenvalue weighted by Gasteiger charge is 2.14. The Hall–Kier alpha value is -4.60. The number of carboxylic acids is 1. The molecule has 0 amide bonds. The van der Waals surface area contributed by atoms with Crippen molar-refractivity contribution in [1.29, 1.82) is 0 Å². The van der Waals surface area contributed by atoms with Crippen LogP contribution in [0.5, 0.6) is 0 Å². The standard InChI is InChI=1S/C21H15N7O3/c29-19-17-18(25-21(26-19)28-11-15(9-24-28)20(30)31)23-12-27(17)10-13-4-6-14(7-5-13)16-3-1-2-8-22-16/h1-9,11-12H,10H2,(H,30,31)(H,25,26,29). The van der Waals surface area contributed by atoms with Crippen LogP contribution in [0.25, 0.3) is 28.4 Å². The van der Waals surface area contributed by atoms with Crippen LogP contribution in [0.15, 0.2) is 72.2 Å². The highest BCUT2D eigenvalue weighted by molar-refractivity contribution is 5.87. The highest BCUT2D eigenvalue weighted by Crippen LogP contribution is 2.18. The minimum Gasteiger partial charge on any atom is -0.478 e. The van der Waals surface area contributed by atoms with Gasteiger partial charge >= 0.3 is 5.97 Å². The maximum atomic E-state index is 12.7. The first kappa shape index (κ1) is 18.4. The number of hydrogen-bond acceptors (Lipinski definition) is 6. The first-order valence-corrected chi connectivity index (χ1v) is 9.32. The second-order valence-electron chi connectivity index (χ2n) is 6.82. The number of rotatable bonds is 5. The minimum atomic E-state index is -1.12. The van der Waals surface area contributed by atoms with Gasteiger partial charge in [0.15, 0.2) is 11.2 Å². The maximum Gasteiger partial charge on any atom is 0.338 e. The molecule has 4 aromatic heterocycles. The van der Waals surface area contributed by atoms with E-state index in [4.69, 9.17) is 5.11 Å². The van der Waals surface area contributed by atoms with Gasteiger partial charge in [0.05, 0.1) is 23.8 Å². The van der Waals surface area contributed by atoms with Gasteiger partial charge in [-0.2, -0.15) is 10.1 Å². The number of aromatic amines is 1. The van der Waals surface area contributed by atoms with Crippen molar-refractivity contribution in [3.05, 3.63) is 88.9 Å². The zero-order chi connectivity index (χ0) is 21.4. The average molecular weight is 413 g/mol. The molecule has 0 atom stereocenters. The van der Waals surface area contributed by atoms with E-state index >= 15 is 0 Å². The summed E-state index contributed by atoms with van der Waals surface area (Å²) in [5, 5.41) is 13.0. The predicted octanol–water partition coefficient (Wildman–Crippen LogP) is 2.11. The summed E-state index contributed by atoms with van der Waals surface area (Å²) in [5.41, 5.74) is 3.04. The van der Waals surface area contributed by atoms with E-state index in [0.29, 0.717) is 12.1 Å². The van der Waals surface area contributed by atoms with E-state index in [1.807, 2.05) is 42.5 Å². The van der Waals surface area contributed by atoms with Gasteiger partial charge in [0.1, 0.15) is 0 Å². The molecule has 2 N–H and O–H groups in total. The molecular formula is C21H15N7O3. The number of aromatic carboxylic acids is 1. The van der Waals surface area contributed by atoms with E-state index in [1.165, 1.54) is 17.1 Å². The van der Waals surface area contributed by atoms with Gasteiger partial charge in [0.25, 0.3) is 5.56 Å². The lowest BCUT2D eigenvalue weighted by molar-refractivity contribution is 0.0697. The lowest BCUT2D eigenvalue weighted by Crippen LogP contribution is -2.16. The molecule has 1 aromatic carbocycles. The second-order valence-corrected chi connectivity index (χ2v) is 6.82. The van der Waals surface area contributed by atoms with Crippen molar-refractivity contribution in [1.82, 2.24) is 34.3 Å². The van der Waals surface area contributed by atoms with Gasteiger partial charge in [-0.05, 0) is 17.7 Å². The van der Waals surface area contributed by atoms with E-state index < -0.39 is 11.5 Å². The molecule has 10 heteroatoms. The van der Waals surface area contributed by atoms with E-state index in [9.17, 15) is 9.59 Å². The second kappa shape index (κ2) is 7.34. The molecule has 152 valence electrons. The van der Waals surface area contributed by atoms with Crippen molar-refractivity contribution in [3.8, 4) is 17.2 Å². The van der Waals surface area contributed by atoms with Gasteiger partial charge in [-0.3, -0.25) is 14.8 Å². The third-order valence-corrected chi connectivity index (χ3v) is 4.78.